The molecule has 0 bridgehead atoms. The fraction of sp³-hybridized carbons (Fsp3) is 0.182. The summed E-state index contributed by atoms with van der Waals surface area (Å²) in [7, 11) is 0. The first-order valence-corrected chi connectivity index (χ1v) is 8.51. The zero-order chi connectivity index (χ0) is 18.2. The fourth-order valence-electron chi connectivity index (χ4n) is 2.91. The number of hydrogen-bond acceptors (Lipinski definition) is 4. The monoisotopic (exact) mass is 350 g/mol. The second-order valence-corrected chi connectivity index (χ2v) is 5.52. The Morgan fingerprint density at radius 2 is 0.962 bits per heavy atom. The summed E-state index contributed by atoms with van der Waals surface area (Å²) in [6.45, 7) is 8.73. The van der Waals surface area contributed by atoms with Gasteiger partial charge in [-0.05, 0) is 10.8 Å². The molecule has 134 valence electrons. The molecule has 0 amide bonds. The van der Waals surface area contributed by atoms with Crippen molar-refractivity contribution in [1.82, 2.24) is 0 Å². The lowest BCUT2D eigenvalue weighted by Gasteiger charge is -2.18. The van der Waals surface area contributed by atoms with Gasteiger partial charge in [-0.15, -0.1) is 0 Å². The van der Waals surface area contributed by atoms with Crippen LogP contribution in [0.15, 0.2) is 74.2 Å². The normalized spacial score (nSPS) is 10.5. The molecule has 3 aromatic carbocycles. The topological polar surface area (TPSA) is 36.9 Å². The molecule has 3 rings (SSSR count). The maximum atomic E-state index is 6.06. The second kappa shape index (κ2) is 8.81. The fourth-order valence-corrected chi connectivity index (χ4v) is 2.91. The van der Waals surface area contributed by atoms with Crippen LogP contribution in [0.3, 0.4) is 0 Å². The zero-order valence-electron chi connectivity index (χ0n) is 14.6. The molecule has 0 unspecified atom stereocenters. The predicted molar refractivity (Wildman–Crippen MR) is 105 cm³/mol. The minimum absolute atomic E-state index is 0.397. The summed E-state index contributed by atoms with van der Waals surface area (Å²) in [6.07, 6.45) is 2.82. The van der Waals surface area contributed by atoms with Crippen LogP contribution in [0, 0.1) is 0 Å². The minimum atomic E-state index is 0.397. The summed E-state index contributed by atoms with van der Waals surface area (Å²) in [5.41, 5.74) is 0. The average Bonchev–Trinajstić information content (AvgIpc) is 2.69. The number of fused-ring (bicyclic) bond motifs is 3. The molecule has 4 nitrogen and oxygen atoms in total. The number of benzene rings is 3. The summed E-state index contributed by atoms with van der Waals surface area (Å²) in [5.74, 6) is 1.43. The van der Waals surface area contributed by atoms with Crippen molar-refractivity contribution >= 4 is 21.5 Å². The van der Waals surface area contributed by atoms with E-state index in [1.807, 2.05) is 36.4 Å². The summed E-state index contributed by atoms with van der Waals surface area (Å²) >= 11 is 0. The molecule has 0 atom stereocenters. The third kappa shape index (κ3) is 3.75. The van der Waals surface area contributed by atoms with Crippen LogP contribution in [0.1, 0.15) is 0 Å². The standard InChI is InChI=1S/C22H22O4/c1-3-23-13-15-25-21-19-11-7-5-9-17(19)18-10-6-8-12-20(18)22(21)26-16-14-24-4-2/h3-12H,1-2,13-16H2. The first-order chi connectivity index (χ1) is 12.9. The van der Waals surface area contributed by atoms with Gasteiger partial charge in [0.25, 0.3) is 0 Å². The Labute approximate surface area is 153 Å². The van der Waals surface area contributed by atoms with Crippen LogP contribution in [-0.2, 0) is 9.47 Å². The highest BCUT2D eigenvalue weighted by atomic mass is 16.5. The largest absolute Gasteiger partial charge is 0.498 e. The highest BCUT2D eigenvalue weighted by molar-refractivity contribution is 6.13. The van der Waals surface area contributed by atoms with Gasteiger partial charge in [0.15, 0.2) is 11.5 Å². The summed E-state index contributed by atoms with van der Waals surface area (Å²) in [5, 5.41) is 4.25. The predicted octanol–water partition coefficient (Wildman–Crippen LogP) is 5.07. The van der Waals surface area contributed by atoms with Gasteiger partial charge in [0.05, 0.1) is 12.5 Å². The Hall–Kier alpha value is -3.14. The molecule has 0 radical (unpaired) electrons. The van der Waals surface area contributed by atoms with Crippen molar-refractivity contribution in [2.75, 3.05) is 26.4 Å². The third-order valence-electron chi connectivity index (χ3n) is 3.97. The highest BCUT2D eigenvalue weighted by Crippen LogP contribution is 2.43. The summed E-state index contributed by atoms with van der Waals surface area (Å²) in [4.78, 5) is 0. The van der Waals surface area contributed by atoms with E-state index in [1.165, 1.54) is 12.5 Å². The van der Waals surface area contributed by atoms with E-state index in [1.54, 1.807) is 0 Å². The maximum Gasteiger partial charge on any atom is 0.169 e. The minimum Gasteiger partial charge on any atom is -0.498 e. The molecule has 26 heavy (non-hydrogen) atoms. The molecule has 0 N–H and O–H groups in total. The van der Waals surface area contributed by atoms with Crippen molar-refractivity contribution in [1.29, 1.82) is 0 Å². The SMILES string of the molecule is C=COCCOc1c(OCCOC=C)c2ccccc2c2ccccc12. The van der Waals surface area contributed by atoms with Crippen LogP contribution >= 0.6 is 0 Å². The van der Waals surface area contributed by atoms with Crippen LogP contribution in [0.5, 0.6) is 11.5 Å². The van der Waals surface area contributed by atoms with Crippen molar-refractivity contribution in [3.63, 3.8) is 0 Å². The lowest BCUT2D eigenvalue weighted by Crippen LogP contribution is -2.09. The Balaban J connectivity index is 2.07. The van der Waals surface area contributed by atoms with Crippen molar-refractivity contribution in [2.45, 2.75) is 0 Å². The van der Waals surface area contributed by atoms with Crippen molar-refractivity contribution < 1.29 is 18.9 Å². The molecule has 0 fully saturated rings. The lowest BCUT2D eigenvalue weighted by atomic mass is 10.00. The van der Waals surface area contributed by atoms with Crippen LogP contribution < -0.4 is 9.47 Å². The Kier molecular flexibility index (Phi) is 5.99. The number of rotatable bonds is 10. The molecular formula is C22H22O4. The molecular weight excluding hydrogens is 328 g/mol. The van der Waals surface area contributed by atoms with Gasteiger partial charge in [-0.1, -0.05) is 61.7 Å². The van der Waals surface area contributed by atoms with Crippen LogP contribution in [0.4, 0.5) is 0 Å². The smallest absolute Gasteiger partial charge is 0.169 e. The van der Waals surface area contributed by atoms with Gasteiger partial charge < -0.3 is 18.9 Å². The van der Waals surface area contributed by atoms with E-state index in [0.717, 1.165) is 21.5 Å². The molecule has 0 aliphatic heterocycles. The van der Waals surface area contributed by atoms with Gasteiger partial charge in [0.1, 0.15) is 26.4 Å². The van der Waals surface area contributed by atoms with Crippen LogP contribution in [-0.4, -0.2) is 26.4 Å². The van der Waals surface area contributed by atoms with Crippen molar-refractivity contribution in [2.24, 2.45) is 0 Å². The van der Waals surface area contributed by atoms with Crippen LogP contribution in [0.25, 0.3) is 21.5 Å². The van der Waals surface area contributed by atoms with E-state index in [-0.39, 0.29) is 0 Å². The van der Waals surface area contributed by atoms with Gasteiger partial charge in [-0.2, -0.15) is 0 Å². The second-order valence-electron chi connectivity index (χ2n) is 5.52. The van der Waals surface area contributed by atoms with Gasteiger partial charge in [-0.3, -0.25) is 0 Å². The van der Waals surface area contributed by atoms with Gasteiger partial charge in [-0.25, -0.2) is 0 Å². The van der Waals surface area contributed by atoms with Crippen molar-refractivity contribution in [3.05, 3.63) is 74.2 Å². The lowest BCUT2D eigenvalue weighted by molar-refractivity contribution is 0.163. The van der Waals surface area contributed by atoms with Gasteiger partial charge in [0.2, 0.25) is 0 Å². The Morgan fingerprint density at radius 3 is 1.35 bits per heavy atom. The maximum absolute atomic E-state index is 6.06. The molecule has 0 aliphatic rings. The van der Waals surface area contributed by atoms with E-state index in [0.29, 0.717) is 37.9 Å². The third-order valence-corrected chi connectivity index (χ3v) is 3.97. The Morgan fingerprint density at radius 1 is 0.577 bits per heavy atom. The molecule has 4 heteroatoms. The summed E-state index contributed by atoms with van der Waals surface area (Å²) in [6, 6.07) is 16.3. The molecule has 0 saturated heterocycles. The molecule has 0 aliphatic carbocycles. The molecule has 3 aromatic rings. The number of ether oxygens (including phenoxy) is 4. The molecule has 0 heterocycles. The van der Waals surface area contributed by atoms with E-state index >= 15 is 0 Å². The zero-order valence-corrected chi connectivity index (χ0v) is 14.6. The van der Waals surface area contributed by atoms with Crippen LogP contribution in [0.2, 0.25) is 0 Å². The van der Waals surface area contributed by atoms with E-state index in [4.69, 9.17) is 18.9 Å². The quantitative estimate of drug-likeness (QED) is 0.291. The first-order valence-electron chi connectivity index (χ1n) is 8.51. The molecule has 0 aromatic heterocycles. The van der Waals surface area contributed by atoms with Crippen molar-refractivity contribution in [3.8, 4) is 11.5 Å². The van der Waals surface area contributed by atoms with E-state index in [9.17, 15) is 0 Å². The molecule has 0 spiro atoms. The Bertz CT molecular complexity index is 826. The van der Waals surface area contributed by atoms with E-state index < -0.39 is 0 Å². The number of hydrogen-bond donors (Lipinski definition) is 0. The van der Waals surface area contributed by atoms with E-state index in [2.05, 4.69) is 25.3 Å². The first kappa shape index (κ1) is 17.7. The summed E-state index contributed by atoms with van der Waals surface area (Å²) < 4.78 is 22.5. The average molecular weight is 350 g/mol. The molecule has 0 saturated carbocycles. The highest BCUT2D eigenvalue weighted by Gasteiger charge is 2.16. The van der Waals surface area contributed by atoms with Gasteiger partial charge >= 0.3 is 0 Å². The van der Waals surface area contributed by atoms with Gasteiger partial charge in [0, 0.05) is 10.8 Å².